The summed E-state index contributed by atoms with van der Waals surface area (Å²) >= 11 is 0. The Kier molecular flexibility index (Phi) is 6.59. The summed E-state index contributed by atoms with van der Waals surface area (Å²) in [6.45, 7) is 8.45. The zero-order valence-corrected chi connectivity index (χ0v) is 16.4. The van der Waals surface area contributed by atoms with Crippen LogP contribution in [0, 0.1) is 13.8 Å². The van der Waals surface area contributed by atoms with Gasteiger partial charge in [-0.25, -0.2) is 13.1 Å². The molecule has 1 atom stereocenters. The largest absolute Gasteiger partial charge is 0.350 e. The summed E-state index contributed by atoms with van der Waals surface area (Å²) in [4.78, 5) is 15.1. The molecule has 0 bridgehead atoms. The molecule has 2 N–H and O–H groups in total. The molecule has 0 radical (unpaired) electrons. The van der Waals surface area contributed by atoms with E-state index in [1.807, 2.05) is 6.92 Å². The Morgan fingerprint density at radius 1 is 1.24 bits per heavy atom. The Hall–Kier alpha value is -1.44. The van der Waals surface area contributed by atoms with Crippen LogP contribution in [-0.4, -0.2) is 51.9 Å². The Balaban J connectivity index is 2.16. The third-order valence-corrected chi connectivity index (χ3v) is 6.61. The minimum atomic E-state index is -3.59. The molecular weight excluding hydrogens is 338 g/mol. The number of rotatable bonds is 7. The average Bonchev–Trinajstić information content (AvgIpc) is 3.11. The molecule has 7 heteroatoms. The number of sulfonamides is 1. The van der Waals surface area contributed by atoms with Crippen LogP contribution in [0.4, 0.5) is 0 Å². The summed E-state index contributed by atoms with van der Waals surface area (Å²) in [7, 11) is -2.22. The van der Waals surface area contributed by atoms with E-state index in [-0.39, 0.29) is 10.8 Å². The third kappa shape index (κ3) is 4.59. The maximum atomic E-state index is 12.6. The van der Waals surface area contributed by atoms with Gasteiger partial charge in [-0.3, -0.25) is 9.69 Å². The molecule has 6 nitrogen and oxygen atoms in total. The van der Waals surface area contributed by atoms with Crippen molar-refractivity contribution in [1.82, 2.24) is 14.9 Å². The molecule has 2 rings (SSSR count). The molecule has 1 aromatic carbocycles. The Labute approximate surface area is 151 Å². The van der Waals surface area contributed by atoms with E-state index in [1.54, 1.807) is 13.0 Å². The normalized spacial score (nSPS) is 16.8. The molecular formula is C18H29N3O3S. The number of amides is 1. The number of carbonyl (C=O) groups excluding carboxylic acids is 1. The first-order chi connectivity index (χ1) is 11.8. The fourth-order valence-corrected chi connectivity index (χ4v) is 4.36. The molecule has 1 saturated heterocycles. The van der Waals surface area contributed by atoms with Gasteiger partial charge in [-0.05, 0) is 76.5 Å². The van der Waals surface area contributed by atoms with E-state index < -0.39 is 10.0 Å². The van der Waals surface area contributed by atoms with Crippen LogP contribution in [0.1, 0.15) is 47.7 Å². The van der Waals surface area contributed by atoms with Crippen molar-refractivity contribution in [2.24, 2.45) is 0 Å². The summed E-state index contributed by atoms with van der Waals surface area (Å²) < 4.78 is 26.7. The molecule has 1 aliphatic heterocycles. The maximum absolute atomic E-state index is 12.6. The summed E-state index contributed by atoms with van der Waals surface area (Å²) in [5.41, 5.74) is 1.83. The quantitative estimate of drug-likeness (QED) is 0.770. The van der Waals surface area contributed by atoms with Crippen molar-refractivity contribution in [2.75, 3.05) is 26.7 Å². The molecule has 0 aromatic heterocycles. The second-order valence-electron chi connectivity index (χ2n) is 6.64. The predicted octanol–water partition coefficient (Wildman–Crippen LogP) is 1.82. The van der Waals surface area contributed by atoms with Crippen LogP contribution in [0.25, 0.3) is 0 Å². The lowest BCUT2D eigenvalue weighted by molar-refractivity contribution is 0.0936. The molecule has 0 spiro atoms. The van der Waals surface area contributed by atoms with Crippen LogP contribution in [0.15, 0.2) is 17.0 Å². The highest BCUT2D eigenvalue weighted by Gasteiger charge is 2.22. The first kappa shape index (κ1) is 19.9. The molecule has 1 fully saturated rings. The van der Waals surface area contributed by atoms with Crippen LogP contribution in [0.3, 0.4) is 0 Å². The first-order valence-electron chi connectivity index (χ1n) is 8.87. The van der Waals surface area contributed by atoms with E-state index in [0.717, 1.165) is 25.1 Å². The average molecular weight is 368 g/mol. The summed E-state index contributed by atoms with van der Waals surface area (Å²) in [5, 5.41) is 2.97. The smallest absolute Gasteiger partial charge is 0.251 e. The van der Waals surface area contributed by atoms with Gasteiger partial charge in [-0.2, -0.15) is 0 Å². The molecule has 0 saturated carbocycles. The van der Waals surface area contributed by atoms with Gasteiger partial charge in [0.05, 0.1) is 4.90 Å². The summed E-state index contributed by atoms with van der Waals surface area (Å²) in [6.07, 6.45) is 3.41. The fourth-order valence-electron chi connectivity index (χ4n) is 3.30. The van der Waals surface area contributed by atoms with Gasteiger partial charge in [-0.1, -0.05) is 6.92 Å². The number of hydrogen-bond acceptors (Lipinski definition) is 4. The van der Waals surface area contributed by atoms with Crippen LogP contribution in [-0.2, 0) is 10.0 Å². The van der Waals surface area contributed by atoms with Crippen molar-refractivity contribution in [2.45, 2.75) is 51.0 Å². The highest BCUT2D eigenvalue weighted by Crippen LogP contribution is 2.21. The van der Waals surface area contributed by atoms with Gasteiger partial charge in [0, 0.05) is 18.2 Å². The Morgan fingerprint density at radius 2 is 1.88 bits per heavy atom. The van der Waals surface area contributed by atoms with Gasteiger partial charge in [0.1, 0.15) is 0 Å². The molecule has 1 amide bonds. The van der Waals surface area contributed by atoms with Crippen molar-refractivity contribution in [1.29, 1.82) is 0 Å². The summed E-state index contributed by atoms with van der Waals surface area (Å²) in [5.74, 6) is -0.228. The van der Waals surface area contributed by atoms with Gasteiger partial charge < -0.3 is 5.32 Å². The molecule has 25 heavy (non-hydrogen) atoms. The molecule has 1 unspecified atom stereocenters. The lowest BCUT2D eigenvalue weighted by Gasteiger charge is -2.26. The number of nitrogens with zero attached hydrogens (tertiary/aromatic N) is 1. The van der Waals surface area contributed by atoms with Crippen LogP contribution >= 0.6 is 0 Å². The number of aryl methyl sites for hydroxylation is 1. The number of benzene rings is 1. The maximum Gasteiger partial charge on any atom is 0.251 e. The molecule has 1 aromatic rings. The number of carbonyl (C=O) groups is 1. The minimum absolute atomic E-state index is 0.159. The van der Waals surface area contributed by atoms with Crippen molar-refractivity contribution >= 4 is 15.9 Å². The van der Waals surface area contributed by atoms with E-state index in [1.165, 1.54) is 26.0 Å². The number of nitrogens with one attached hydrogen (secondary N) is 2. The lowest BCUT2D eigenvalue weighted by Crippen LogP contribution is -2.42. The fraction of sp³-hybridized carbons (Fsp3) is 0.611. The standard InChI is InChI=1S/C18H29N3O3S/c1-5-16(21-8-6-7-9-21)12-20-18(22)15-10-13(2)14(3)17(11-15)25(23,24)19-4/h10-11,16,19H,5-9,12H2,1-4H3,(H,20,22). The van der Waals surface area contributed by atoms with Gasteiger partial charge >= 0.3 is 0 Å². The monoisotopic (exact) mass is 367 g/mol. The van der Waals surface area contributed by atoms with E-state index in [4.69, 9.17) is 0 Å². The third-order valence-electron chi connectivity index (χ3n) is 5.07. The van der Waals surface area contributed by atoms with Crippen molar-refractivity contribution in [3.8, 4) is 0 Å². The highest BCUT2D eigenvalue weighted by molar-refractivity contribution is 7.89. The van der Waals surface area contributed by atoms with Crippen LogP contribution in [0.5, 0.6) is 0 Å². The minimum Gasteiger partial charge on any atom is -0.350 e. The number of likely N-dealkylation sites (tertiary alicyclic amines) is 1. The van der Waals surface area contributed by atoms with E-state index in [2.05, 4.69) is 21.9 Å². The molecule has 140 valence electrons. The Bertz CT molecular complexity index is 725. The predicted molar refractivity (Wildman–Crippen MR) is 99.4 cm³/mol. The van der Waals surface area contributed by atoms with Gasteiger partial charge in [0.2, 0.25) is 10.0 Å². The highest BCUT2D eigenvalue weighted by atomic mass is 32.2. The van der Waals surface area contributed by atoms with Crippen molar-refractivity contribution < 1.29 is 13.2 Å². The van der Waals surface area contributed by atoms with Crippen LogP contribution in [0.2, 0.25) is 0 Å². The first-order valence-corrected chi connectivity index (χ1v) is 10.4. The molecule has 0 aliphatic carbocycles. The summed E-state index contributed by atoms with van der Waals surface area (Å²) in [6, 6.07) is 3.54. The van der Waals surface area contributed by atoms with Crippen LogP contribution < -0.4 is 10.0 Å². The van der Waals surface area contributed by atoms with Gasteiger partial charge in [0.25, 0.3) is 5.91 Å². The second kappa shape index (κ2) is 8.29. The zero-order chi connectivity index (χ0) is 18.6. The van der Waals surface area contributed by atoms with Crippen molar-refractivity contribution in [3.05, 3.63) is 28.8 Å². The van der Waals surface area contributed by atoms with E-state index >= 15 is 0 Å². The van der Waals surface area contributed by atoms with E-state index in [9.17, 15) is 13.2 Å². The number of hydrogen-bond donors (Lipinski definition) is 2. The molecule has 1 heterocycles. The molecule has 1 aliphatic rings. The second-order valence-corrected chi connectivity index (χ2v) is 8.49. The lowest BCUT2D eigenvalue weighted by atomic mass is 10.1. The topological polar surface area (TPSA) is 78.5 Å². The van der Waals surface area contributed by atoms with E-state index in [0.29, 0.717) is 23.7 Å². The van der Waals surface area contributed by atoms with Gasteiger partial charge in [-0.15, -0.1) is 0 Å². The van der Waals surface area contributed by atoms with Gasteiger partial charge in [0.15, 0.2) is 0 Å². The van der Waals surface area contributed by atoms with Crippen molar-refractivity contribution in [3.63, 3.8) is 0 Å². The zero-order valence-electron chi connectivity index (χ0n) is 15.6. The SMILES string of the molecule is CCC(CNC(=O)c1cc(C)c(C)c(S(=O)(=O)NC)c1)N1CCCC1. The Morgan fingerprint density at radius 3 is 2.44 bits per heavy atom.